The molecule has 0 bridgehead atoms. The summed E-state index contributed by atoms with van der Waals surface area (Å²) in [5.74, 6) is -0.527. The van der Waals surface area contributed by atoms with E-state index in [-0.39, 0.29) is 23.8 Å². The molecule has 10 heteroatoms. The number of H-pyrrole nitrogens is 2. The highest BCUT2D eigenvalue weighted by Gasteiger charge is 2.24. The maximum atomic E-state index is 12.6. The van der Waals surface area contributed by atoms with Crippen LogP contribution in [0.3, 0.4) is 0 Å². The average Bonchev–Trinajstić information content (AvgIpc) is 3.82. The maximum absolute atomic E-state index is 12.6. The summed E-state index contributed by atoms with van der Waals surface area (Å²) in [6, 6.07) is 0. The van der Waals surface area contributed by atoms with Gasteiger partial charge in [0.25, 0.3) is 11.8 Å². The number of amides is 2. The van der Waals surface area contributed by atoms with Gasteiger partial charge in [-0.15, -0.1) is 0 Å². The van der Waals surface area contributed by atoms with E-state index in [4.69, 9.17) is 9.47 Å². The molecule has 0 saturated carbocycles. The van der Waals surface area contributed by atoms with E-state index >= 15 is 0 Å². The number of ether oxygens (including phenoxy) is 2. The molecule has 4 heterocycles. The molecule has 0 aliphatic carbocycles. The number of carbonyl (C=O) groups is 4. The zero-order chi connectivity index (χ0) is 40.1. The summed E-state index contributed by atoms with van der Waals surface area (Å²) in [7, 11) is 2.87. The zero-order valence-corrected chi connectivity index (χ0v) is 34.4. The summed E-state index contributed by atoms with van der Waals surface area (Å²) in [4.78, 5) is 60.1. The molecule has 2 aromatic heterocycles. The number of allylic oxidation sites excluding steroid dienone is 2. The fraction of sp³-hybridized carbons (Fsp3) is 0.533. The molecule has 2 aliphatic rings. The molecule has 0 spiro atoms. The number of hydrogen-bond acceptors (Lipinski definition) is 6. The Balaban J connectivity index is 1.72. The summed E-state index contributed by atoms with van der Waals surface area (Å²) < 4.78 is 9.58. The van der Waals surface area contributed by atoms with Crippen LogP contribution in [0.4, 0.5) is 0 Å². The third-order valence-corrected chi connectivity index (χ3v) is 11.2. The van der Waals surface area contributed by atoms with Crippen LogP contribution < -0.4 is 16.0 Å². The highest BCUT2D eigenvalue weighted by atomic mass is 16.5. The van der Waals surface area contributed by atoms with Crippen LogP contribution in [0.25, 0.3) is 18.2 Å². The molecule has 298 valence electrons. The van der Waals surface area contributed by atoms with Crippen molar-refractivity contribution in [3.05, 3.63) is 72.3 Å². The Kier molecular flexibility index (Phi) is 16.3. The number of aromatic nitrogens is 2. The van der Waals surface area contributed by atoms with E-state index in [1.807, 2.05) is 19.9 Å². The largest absolute Gasteiger partial charge is 0.469 e. The van der Waals surface area contributed by atoms with Crippen molar-refractivity contribution in [1.82, 2.24) is 15.3 Å². The minimum Gasteiger partial charge on any atom is -0.469 e. The normalized spacial score (nSPS) is 15.9. The van der Waals surface area contributed by atoms with Gasteiger partial charge in [-0.1, -0.05) is 52.4 Å². The van der Waals surface area contributed by atoms with Gasteiger partial charge in [-0.25, -0.2) is 4.99 Å². The zero-order valence-electron chi connectivity index (χ0n) is 34.4. The maximum Gasteiger partial charge on any atom is 0.305 e. The number of esters is 2. The van der Waals surface area contributed by atoms with Crippen molar-refractivity contribution in [3.8, 4) is 0 Å². The first-order valence-electron chi connectivity index (χ1n) is 20.3. The third-order valence-electron chi connectivity index (χ3n) is 11.2. The summed E-state index contributed by atoms with van der Waals surface area (Å²) in [6.07, 6.45) is 20.4. The van der Waals surface area contributed by atoms with Crippen LogP contribution in [0.5, 0.6) is 0 Å². The van der Waals surface area contributed by atoms with Crippen LogP contribution in [-0.4, -0.2) is 53.7 Å². The highest BCUT2D eigenvalue weighted by Crippen LogP contribution is 2.29. The lowest BCUT2D eigenvalue weighted by Gasteiger charge is -2.05. The van der Waals surface area contributed by atoms with Crippen molar-refractivity contribution in [2.45, 2.75) is 144 Å². The van der Waals surface area contributed by atoms with E-state index in [2.05, 4.69) is 60.1 Å². The molecule has 2 aliphatic heterocycles. The minimum atomic E-state index is -0.169. The van der Waals surface area contributed by atoms with E-state index in [0.29, 0.717) is 18.4 Å². The van der Waals surface area contributed by atoms with E-state index in [1.165, 1.54) is 25.3 Å². The van der Waals surface area contributed by atoms with Gasteiger partial charge in [-0.2, -0.15) is 0 Å². The Morgan fingerprint density at radius 3 is 1.76 bits per heavy atom. The summed E-state index contributed by atoms with van der Waals surface area (Å²) in [5.41, 5.74) is 11.9. The van der Waals surface area contributed by atoms with Crippen molar-refractivity contribution in [2.75, 3.05) is 14.2 Å². The number of nitrogens with zero attached hydrogens (tertiary/aromatic N) is 1. The molecule has 0 fully saturated rings. The number of carbonyl (C=O) groups excluding carboxylic acids is 4. The first kappa shape index (κ1) is 43.0. The molecule has 0 radical (unpaired) electrons. The first-order chi connectivity index (χ1) is 26.4. The smallest absolute Gasteiger partial charge is 0.305 e. The van der Waals surface area contributed by atoms with Gasteiger partial charge in [-0.05, 0) is 131 Å². The van der Waals surface area contributed by atoms with Crippen LogP contribution in [0.1, 0.15) is 151 Å². The standard InChI is InChI=1S/C45H62N4O6/c1-9-32-30(5)44(52)48-38(32)25-36-28(3)34(21-17-13-11-15-19-23-42(50)54-7)40(46-36)27-41-35(22-18-14-12-16-20-24-43(51)55-8)29(4)37(47-41)26-39-33(10-2)31(6)45(53)49-39/h25-27,46-47H,9-24H2,1-8H3,(H,48,52)/b37-26+,38-25-,41-27-. The Morgan fingerprint density at radius 1 is 0.618 bits per heavy atom. The van der Waals surface area contributed by atoms with Crippen molar-refractivity contribution in [3.63, 3.8) is 0 Å². The highest BCUT2D eigenvalue weighted by molar-refractivity contribution is 6.30. The van der Waals surface area contributed by atoms with Gasteiger partial charge in [0.2, 0.25) is 0 Å². The average molecular weight is 755 g/mol. The lowest BCUT2D eigenvalue weighted by molar-refractivity contribution is -0.141. The van der Waals surface area contributed by atoms with Gasteiger partial charge in [0.05, 0.1) is 19.9 Å². The van der Waals surface area contributed by atoms with Gasteiger partial charge < -0.3 is 24.8 Å². The molecule has 2 amide bonds. The van der Waals surface area contributed by atoms with E-state index in [9.17, 15) is 19.2 Å². The van der Waals surface area contributed by atoms with Gasteiger partial charge >= 0.3 is 11.9 Å². The van der Waals surface area contributed by atoms with Crippen molar-refractivity contribution < 1.29 is 28.7 Å². The summed E-state index contributed by atoms with van der Waals surface area (Å²) >= 11 is 0. The monoisotopic (exact) mass is 754 g/mol. The van der Waals surface area contributed by atoms with E-state index < -0.39 is 0 Å². The number of methoxy groups -OCH3 is 2. The number of nitrogens with one attached hydrogen (secondary N) is 3. The fourth-order valence-corrected chi connectivity index (χ4v) is 7.73. The molecule has 0 aromatic carbocycles. The quantitative estimate of drug-likeness (QED) is 0.0886. The minimum absolute atomic E-state index is 0.0462. The van der Waals surface area contributed by atoms with Gasteiger partial charge in [0, 0.05) is 51.8 Å². The van der Waals surface area contributed by atoms with E-state index in [0.717, 1.165) is 151 Å². The Hall–Kier alpha value is -4.73. The predicted molar refractivity (Wildman–Crippen MR) is 220 cm³/mol. The molecule has 3 N–H and O–H groups in total. The lowest BCUT2D eigenvalue weighted by Crippen LogP contribution is -2.15. The van der Waals surface area contributed by atoms with Gasteiger partial charge in [-0.3, -0.25) is 19.2 Å². The second kappa shape index (κ2) is 20.8. The molecular weight excluding hydrogens is 693 g/mol. The second-order valence-electron chi connectivity index (χ2n) is 14.8. The van der Waals surface area contributed by atoms with Crippen LogP contribution in [0.2, 0.25) is 0 Å². The second-order valence-corrected chi connectivity index (χ2v) is 14.8. The molecule has 0 atom stereocenters. The third kappa shape index (κ3) is 11.2. The molecular formula is C45H62N4O6. The molecule has 2 aromatic rings. The first-order valence-corrected chi connectivity index (χ1v) is 20.3. The van der Waals surface area contributed by atoms with Crippen LogP contribution in [-0.2, 0) is 41.5 Å². The number of hydrogen-bond donors (Lipinski definition) is 3. The number of rotatable bonds is 21. The summed E-state index contributed by atoms with van der Waals surface area (Å²) in [5, 5.41) is 5.05. The number of aromatic amines is 2. The molecule has 4 rings (SSSR count). The van der Waals surface area contributed by atoms with Crippen LogP contribution in [0.15, 0.2) is 33.0 Å². The van der Waals surface area contributed by atoms with Gasteiger partial charge in [0.1, 0.15) is 0 Å². The predicted octanol–water partition coefficient (Wildman–Crippen LogP) is 7.59. The fourth-order valence-electron chi connectivity index (χ4n) is 7.73. The summed E-state index contributed by atoms with van der Waals surface area (Å²) in [6.45, 7) is 12.2. The Morgan fingerprint density at radius 2 is 1.18 bits per heavy atom. The Bertz CT molecular complexity index is 2000. The van der Waals surface area contributed by atoms with Crippen molar-refractivity contribution in [2.24, 2.45) is 4.99 Å². The number of aliphatic imine (C=N–C) groups is 1. The molecule has 10 nitrogen and oxygen atoms in total. The lowest BCUT2D eigenvalue weighted by atomic mass is 9.99. The topological polar surface area (TPSA) is 143 Å². The van der Waals surface area contributed by atoms with Crippen LogP contribution >= 0.6 is 0 Å². The van der Waals surface area contributed by atoms with Gasteiger partial charge in [0.15, 0.2) is 0 Å². The Labute approximate surface area is 326 Å². The van der Waals surface area contributed by atoms with Crippen molar-refractivity contribution >= 4 is 47.7 Å². The molecule has 0 saturated heterocycles. The molecule has 55 heavy (non-hydrogen) atoms. The molecule has 0 unspecified atom stereocenters. The number of unbranched alkanes of at least 4 members (excludes halogenated alkanes) is 8. The van der Waals surface area contributed by atoms with E-state index in [1.54, 1.807) is 0 Å². The van der Waals surface area contributed by atoms with Crippen molar-refractivity contribution in [1.29, 1.82) is 0 Å². The SMILES string of the molecule is CCC1=C(C)C(=O)N=C1/C=c1/[nH]/c(=C\c2[nH]c(/C=C3\NC(=O)C(C)=C3CC)c(C)c2CCCCCCCC(=O)OC)c(CCCCCCCC(=O)OC)c1C. The van der Waals surface area contributed by atoms with Crippen LogP contribution in [0, 0.1) is 13.8 Å².